The van der Waals surface area contributed by atoms with Gasteiger partial charge in [0.05, 0.1) is 23.1 Å². The van der Waals surface area contributed by atoms with Gasteiger partial charge in [-0.25, -0.2) is 13.8 Å². The third-order valence-electron chi connectivity index (χ3n) is 1.72. The molecule has 0 saturated heterocycles. The lowest BCUT2D eigenvalue weighted by Gasteiger charge is -2.05. The Morgan fingerprint density at radius 1 is 1.69 bits per heavy atom. The summed E-state index contributed by atoms with van der Waals surface area (Å²) in [5.41, 5.74) is -1.75. The van der Waals surface area contributed by atoms with Crippen molar-refractivity contribution in [3.8, 4) is 6.07 Å². The molecular formula is C8H4ClF2N3O2. The van der Waals surface area contributed by atoms with Crippen LogP contribution >= 0.6 is 11.6 Å². The third kappa shape index (κ3) is 2.41. The van der Waals surface area contributed by atoms with Crippen LogP contribution in [0.3, 0.4) is 0 Å². The highest BCUT2D eigenvalue weighted by Gasteiger charge is 2.27. The second kappa shape index (κ2) is 4.81. The second-order valence-electron chi connectivity index (χ2n) is 2.73. The van der Waals surface area contributed by atoms with E-state index in [-0.39, 0.29) is 12.1 Å². The standard InChI is InChI=1S/C8H4ClF2N3O2/c9-7-6(8(10)11)5(14(15)16)3-4(13-7)1-2-12/h3,8H,1H2. The summed E-state index contributed by atoms with van der Waals surface area (Å²) < 4.78 is 24.9. The molecular weight excluding hydrogens is 244 g/mol. The molecule has 0 atom stereocenters. The summed E-state index contributed by atoms with van der Waals surface area (Å²) in [6, 6.07) is 2.52. The molecule has 0 spiro atoms. The number of halogens is 3. The molecule has 1 heterocycles. The van der Waals surface area contributed by atoms with Crippen LogP contribution in [0.1, 0.15) is 17.7 Å². The van der Waals surface area contributed by atoms with Crippen molar-refractivity contribution in [2.45, 2.75) is 12.8 Å². The lowest BCUT2D eigenvalue weighted by molar-refractivity contribution is -0.386. The van der Waals surface area contributed by atoms with Crippen molar-refractivity contribution in [2.75, 3.05) is 0 Å². The summed E-state index contributed by atoms with van der Waals surface area (Å²) in [5, 5.41) is 18.3. The Morgan fingerprint density at radius 2 is 2.31 bits per heavy atom. The summed E-state index contributed by atoms with van der Waals surface area (Å²) in [5.74, 6) is 0. The first-order valence-corrected chi connectivity index (χ1v) is 4.34. The molecule has 0 aromatic carbocycles. The van der Waals surface area contributed by atoms with Crippen molar-refractivity contribution < 1.29 is 13.7 Å². The molecule has 0 aliphatic carbocycles. The first-order valence-electron chi connectivity index (χ1n) is 3.96. The number of alkyl halides is 2. The second-order valence-corrected chi connectivity index (χ2v) is 3.09. The zero-order valence-corrected chi connectivity index (χ0v) is 8.41. The monoisotopic (exact) mass is 247 g/mol. The topological polar surface area (TPSA) is 79.8 Å². The third-order valence-corrected chi connectivity index (χ3v) is 2.01. The van der Waals surface area contributed by atoms with Gasteiger partial charge in [-0.2, -0.15) is 5.26 Å². The van der Waals surface area contributed by atoms with E-state index in [1.165, 1.54) is 0 Å². The lowest BCUT2D eigenvalue weighted by Crippen LogP contribution is -2.01. The Balaban J connectivity index is 3.40. The molecule has 0 aliphatic heterocycles. The van der Waals surface area contributed by atoms with E-state index in [9.17, 15) is 18.9 Å². The molecule has 1 rings (SSSR count). The van der Waals surface area contributed by atoms with Gasteiger partial charge in [0.25, 0.3) is 12.1 Å². The maximum atomic E-state index is 12.5. The van der Waals surface area contributed by atoms with Crippen LogP contribution < -0.4 is 0 Å². The molecule has 0 amide bonds. The van der Waals surface area contributed by atoms with Crippen molar-refractivity contribution >= 4 is 17.3 Å². The summed E-state index contributed by atoms with van der Waals surface area (Å²) in [7, 11) is 0. The molecule has 0 unspecified atom stereocenters. The fourth-order valence-corrected chi connectivity index (χ4v) is 1.37. The molecule has 8 heteroatoms. The van der Waals surface area contributed by atoms with Crippen LogP contribution in [0, 0.1) is 21.4 Å². The minimum absolute atomic E-state index is 0.0106. The van der Waals surface area contributed by atoms with E-state index in [1.54, 1.807) is 6.07 Å². The van der Waals surface area contributed by atoms with Gasteiger partial charge in [-0.3, -0.25) is 10.1 Å². The van der Waals surface area contributed by atoms with Crippen LogP contribution in [0.2, 0.25) is 5.15 Å². The van der Waals surface area contributed by atoms with E-state index in [0.29, 0.717) is 0 Å². The molecule has 0 radical (unpaired) electrons. The Labute approximate surface area is 93.4 Å². The van der Waals surface area contributed by atoms with Gasteiger partial charge in [-0.1, -0.05) is 11.6 Å². The summed E-state index contributed by atoms with van der Waals surface area (Å²) >= 11 is 5.40. The minimum Gasteiger partial charge on any atom is -0.258 e. The average Bonchev–Trinajstić information content (AvgIpc) is 2.16. The summed E-state index contributed by atoms with van der Waals surface area (Å²) in [6.07, 6.45) is -3.32. The van der Waals surface area contributed by atoms with E-state index in [1.807, 2.05) is 0 Å². The number of nitrogens with zero attached hydrogens (tertiary/aromatic N) is 3. The molecule has 84 valence electrons. The predicted molar refractivity (Wildman–Crippen MR) is 50.2 cm³/mol. The van der Waals surface area contributed by atoms with Gasteiger partial charge in [0, 0.05) is 6.07 Å². The molecule has 1 aromatic heterocycles. The van der Waals surface area contributed by atoms with Crippen molar-refractivity contribution in [1.82, 2.24) is 4.98 Å². The highest BCUT2D eigenvalue weighted by Crippen LogP contribution is 2.34. The van der Waals surface area contributed by atoms with Crippen LogP contribution in [0.15, 0.2) is 6.07 Å². The molecule has 0 aliphatic rings. The van der Waals surface area contributed by atoms with Gasteiger partial charge in [0.15, 0.2) is 0 Å². The van der Waals surface area contributed by atoms with Crippen LogP contribution in [0.25, 0.3) is 0 Å². The fraction of sp³-hybridized carbons (Fsp3) is 0.250. The summed E-state index contributed by atoms with van der Waals surface area (Å²) in [4.78, 5) is 13.0. The van der Waals surface area contributed by atoms with Crippen molar-refractivity contribution in [2.24, 2.45) is 0 Å². The first-order chi connectivity index (χ1) is 7.47. The van der Waals surface area contributed by atoms with Crippen LogP contribution in [0.4, 0.5) is 14.5 Å². The van der Waals surface area contributed by atoms with Gasteiger partial charge >= 0.3 is 0 Å². The maximum absolute atomic E-state index is 12.5. The first kappa shape index (κ1) is 12.3. The number of rotatable bonds is 3. The lowest BCUT2D eigenvalue weighted by atomic mass is 10.2. The molecule has 0 fully saturated rings. The largest absolute Gasteiger partial charge is 0.283 e. The van der Waals surface area contributed by atoms with Gasteiger partial charge < -0.3 is 0 Å². The van der Waals surface area contributed by atoms with Gasteiger partial charge in [-0.15, -0.1) is 0 Å². The van der Waals surface area contributed by atoms with E-state index >= 15 is 0 Å². The van der Waals surface area contributed by atoms with E-state index < -0.39 is 27.8 Å². The molecule has 5 nitrogen and oxygen atoms in total. The number of nitro groups is 1. The van der Waals surface area contributed by atoms with Crippen LogP contribution in [0.5, 0.6) is 0 Å². The zero-order valence-electron chi connectivity index (χ0n) is 7.65. The number of aromatic nitrogens is 1. The van der Waals surface area contributed by atoms with Crippen molar-refractivity contribution in [3.63, 3.8) is 0 Å². The number of pyridine rings is 1. The highest BCUT2D eigenvalue weighted by molar-refractivity contribution is 6.30. The molecule has 1 aromatic rings. The van der Waals surface area contributed by atoms with E-state index in [4.69, 9.17) is 16.9 Å². The van der Waals surface area contributed by atoms with E-state index in [2.05, 4.69) is 4.98 Å². The Bertz CT molecular complexity index is 473. The normalized spacial score (nSPS) is 10.2. The number of nitriles is 1. The number of hydrogen-bond acceptors (Lipinski definition) is 4. The molecule has 16 heavy (non-hydrogen) atoms. The quantitative estimate of drug-likeness (QED) is 0.467. The van der Waals surface area contributed by atoms with Crippen LogP contribution in [-0.2, 0) is 6.42 Å². The SMILES string of the molecule is N#CCc1cc([N+](=O)[O-])c(C(F)F)c(Cl)n1. The predicted octanol–water partition coefficient (Wildman–Crippen LogP) is 2.65. The molecule has 0 N–H and O–H groups in total. The zero-order chi connectivity index (χ0) is 12.3. The summed E-state index contributed by atoms with van der Waals surface area (Å²) in [6.45, 7) is 0. The van der Waals surface area contributed by atoms with Crippen LogP contribution in [-0.4, -0.2) is 9.91 Å². The highest BCUT2D eigenvalue weighted by atomic mass is 35.5. The van der Waals surface area contributed by atoms with Gasteiger partial charge in [-0.05, 0) is 0 Å². The average molecular weight is 248 g/mol. The van der Waals surface area contributed by atoms with Crippen molar-refractivity contribution in [3.05, 3.63) is 32.6 Å². The smallest absolute Gasteiger partial charge is 0.258 e. The number of hydrogen-bond donors (Lipinski definition) is 0. The minimum atomic E-state index is -3.09. The van der Waals surface area contributed by atoms with Gasteiger partial charge in [0.2, 0.25) is 0 Å². The Morgan fingerprint density at radius 3 is 2.75 bits per heavy atom. The Hall–Kier alpha value is -1.81. The Kier molecular flexibility index (Phi) is 3.68. The van der Waals surface area contributed by atoms with Gasteiger partial charge in [0.1, 0.15) is 10.7 Å². The fourth-order valence-electron chi connectivity index (χ4n) is 1.08. The van der Waals surface area contributed by atoms with Crippen molar-refractivity contribution in [1.29, 1.82) is 5.26 Å². The molecule has 0 saturated carbocycles. The van der Waals surface area contributed by atoms with E-state index in [0.717, 1.165) is 6.07 Å². The maximum Gasteiger partial charge on any atom is 0.283 e. The molecule has 0 bridgehead atoms.